The van der Waals surface area contributed by atoms with Crippen LogP contribution in [0, 0.1) is 34.5 Å². The molecule has 1 saturated heterocycles. The number of rotatable bonds is 2. The van der Waals surface area contributed by atoms with Crippen LogP contribution in [0.4, 0.5) is 0 Å². The van der Waals surface area contributed by atoms with Crippen LogP contribution in [0.1, 0.15) is 77.2 Å². The number of hydrogen-bond donors (Lipinski definition) is 0. The first-order valence-corrected chi connectivity index (χ1v) is 12.2. The van der Waals surface area contributed by atoms with Gasteiger partial charge >= 0.3 is 0 Å². The molecular formula is C27H39NO2. The van der Waals surface area contributed by atoms with Gasteiger partial charge in [-0.05, 0) is 90.6 Å². The fourth-order valence-electron chi connectivity index (χ4n) is 8.93. The van der Waals surface area contributed by atoms with Gasteiger partial charge < -0.3 is 9.64 Å². The van der Waals surface area contributed by atoms with E-state index in [0.29, 0.717) is 34.6 Å². The van der Waals surface area contributed by atoms with Gasteiger partial charge in [-0.1, -0.05) is 39.0 Å². The molecule has 30 heavy (non-hydrogen) atoms. The Balaban J connectivity index is 1.49. The van der Waals surface area contributed by atoms with Gasteiger partial charge in [0.25, 0.3) is 0 Å². The Hall–Kier alpha value is -1.51. The Bertz CT molecular complexity index is 836. The molecule has 1 aliphatic heterocycles. The van der Waals surface area contributed by atoms with E-state index in [2.05, 4.69) is 57.0 Å². The van der Waals surface area contributed by atoms with Gasteiger partial charge in [0.2, 0.25) is 5.91 Å². The molecule has 0 spiro atoms. The molecule has 3 unspecified atom stereocenters. The molecule has 1 amide bonds. The van der Waals surface area contributed by atoms with E-state index in [1.54, 1.807) is 0 Å². The summed E-state index contributed by atoms with van der Waals surface area (Å²) in [7, 11) is 3.88. The number of hydrogen-bond acceptors (Lipinski definition) is 2. The van der Waals surface area contributed by atoms with Crippen LogP contribution in [-0.4, -0.2) is 31.0 Å². The second kappa shape index (κ2) is 7.00. The molecule has 4 fully saturated rings. The van der Waals surface area contributed by atoms with Crippen LogP contribution < -0.4 is 4.74 Å². The summed E-state index contributed by atoms with van der Waals surface area (Å²) in [6, 6.07) is 9.17. The number of likely N-dealkylation sites (tertiary alicyclic amines) is 1. The molecule has 1 aromatic carbocycles. The maximum atomic E-state index is 12.5. The van der Waals surface area contributed by atoms with Crippen LogP contribution in [0.3, 0.4) is 0 Å². The number of fused-ring (bicyclic) bond motifs is 5. The van der Waals surface area contributed by atoms with E-state index in [9.17, 15) is 4.79 Å². The molecule has 3 heteroatoms. The highest BCUT2D eigenvalue weighted by atomic mass is 16.5. The fraction of sp³-hybridized carbons (Fsp3) is 0.741. The summed E-state index contributed by atoms with van der Waals surface area (Å²) in [6.07, 6.45) is 8.29. The van der Waals surface area contributed by atoms with Crippen molar-refractivity contribution >= 4 is 5.91 Å². The SMILES string of the molecule is COc1ccccc1C1CC[C@H]2[C@@H]3C(C)CC4N(C)C(=O)CC[C@]4(C)[C@@H]3CC[C@]12C. The first kappa shape index (κ1) is 20.4. The van der Waals surface area contributed by atoms with Crippen molar-refractivity contribution in [3.05, 3.63) is 29.8 Å². The van der Waals surface area contributed by atoms with Crippen LogP contribution in [0.2, 0.25) is 0 Å². The van der Waals surface area contributed by atoms with Crippen molar-refractivity contribution < 1.29 is 9.53 Å². The molecule has 4 aliphatic rings. The van der Waals surface area contributed by atoms with Gasteiger partial charge in [0, 0.05) is 19.5 Å². The zero-order chi connectivity index (χ0) is 21.3. The van der Waals surface area contributed by atoms with Gasteiger partial charge in [-0.2, -0.15) is 0 Å². The van der Waals surface area contributed by atoms with Gasteiger partial charge in [-0.3, -0.25) is 4.79 Å². The van der Waals surface area contributed by atoms with Crippen molar-refractivity contribution in [3.8, 4) is 5.75 Å². The van der Waals surface area contributed by atoms with Crippen molar-refractivity contribution in [2.75, 3.05) is 14.2 Å². The monoisotopic (exact) mass is 409 g/mol. The first-order chi connectivity index (χ1) is 14.3. The quantitative estimate of drug-likeness (QED) is 0.610. The zero-order valence-corrected chi connectivity index (χ0v) is 19.5. The number of methoxy groups -OCH3 is 1. The van der Waals surface area contributed by atoms with Crippen molar-refractivity contribution in [1.29, 1.82) is 0 Å². The minimum Gasteiger partial charge on any atom is -0.496 e. The van der Waals surface area contributed by atoms with Crippen molar-refractivity contribution in [2.45, 2.75) is 77.7 Å². The number of carbonyl (C=O) groups is 1. The average molecular weight is 410 g/mol. The summed E-state index contributed by atoms with van der Waals surface area (Å²) in [4.78, 5) is 14.6. The standard InChI is InChI=1S/C27H39NO2/c1-17-16-23-27(3,15-13-24(29)28(23)4)21-12-14-26(2)19(10-11-20(26)25(17)21)18-8-6-7-9-22(18)30-5/h6-9,17,19-21,23,25H,10-16H2,1-5H3/t17?,19?,20-,21+,23?,25-,26+,27+/m0/s1. The Morgan fingerprint density at radius 2 is 1.77 bits per heavy atom. The predicted octanol–water partition coefficient (Wildman–Crippen LogP) is 5.89. The lowest BCUT2D eigenvalue weighted by molar-refractivity contribution is -0.165. The molecule has 3 aliphatic carbocycles. The van der Waals surface area contributed by atoms with Crippen LogP contribution in [0.5, 0.6) is 5.75 Å². The van der Waals surface area contributed by atoms with Gasteiger partial charge in [0.05, 0.1) is 7.11 Å². The number of nitrogens with zero attached hydrogens (tertiary/aromatic N) is 1. The zero-order valence-electron chi connectivity index (χ0n) is 19.5. The van der Waals surface area contributed by atoms with Crippen molar-refractivity contribution in [3.63, 3.8) is 0 Å². The normalized spacial score (nSPS) is 45.5. The number of para-hydroxylation sites is 1. The molecule has 0 bridgehead atoms. The number of ether oxygens (including phenoxy) is 1. The van der Waals surface area contributed by atoms with Crippen molar-refractivity contribution in [1.82, 2.24) is 4.90 Å². The highest BCUT2D eigenvalue weighted by molar-refractivity contribution is 5.77. The molecule has 0 radical (unpaired) electrons. The Kier molecular flexibility index (Phi) is 4.76. The van der Waals surface area contributed by atoms with E-state index in [-0.39, 0.29) is 0 Å². The highest BCUT2D eigenvalue weighted by Gasteiger charge is 2.63. The molecule has 0 aromatic heterocycles. The number of amides is 1. The molecule has 1 aromatic rings. The summed E-state index contributed by atoms with van der Waals surface area (Å²) < 4.78 is 5.78. The van der Waals surface area contributed by atoms with Crippen LogP contribution >= 0.6 is 0 Å². The van der Waals surface area contributed by atoms with Crippen LogP contribution in [0.25, 0.3) is 0 Å². The Labute approximate surface area is 182 Å². The summed E-state index contributed by atoms with van der Waals surface area (Å²) in [5, 5.41) is 0. The molecule has 8 atom stereocenters. The summed E-state index contributed by atoms with van der Waals surface area (Å²) in [6.45, 7) is 7.61. The minimum atomic E-state index is 0.295. The fourth-order valence-corrected chi connectivity index (χ4v) is 8.93. The number of carbonyl (C=O) groups excluding carboxylic acids is 1. The molecular weight excluding hydrogens is 370 g/mol. The second-order valence-corrected chi connectivity index (χ2v) is 11.4. The Morgan fingerprint density at radius 3 is 2.53 bits per heavy atom. The first-order valence-electron chi connectivity index (χ1n) is 12.2. The molecule has 5 rings (SSSR count). The topological polar surface area (TPSA) is 29.5 Å². The predicted molar refractivity (Wildman–Crippen MR) is 120 cm³/mol. The average Bonchev–Trinajstić information content (AvgIpc) is 3.09. The van der Waals surface area contributed by atoms with Gasteiger partial charge in [-0.25, -0.2) is 0 Å². The van der Waals surface area contributed by atoms with Crippen molar-refractivity contribution in [2.24, 2.45) is 34.5 Å². The van der Waals surface area contributed by atoms with E-state index in [4.69, 9.17) is 4.74 Å². The van der Waals surface area contributed by atoms with Gasteiger partial charge in [-0.15, -0.1) is 0 Å². The van der Waals surface area contributed by atoms with Crippen LogP contribution in [0.15, 0.2) is 24.3 Å². The molecule has 3 saturated carbocycles. The highest BCUT2D eigenvalue weighted by Crippen LogP contribution is 2.69. The molecule has 164 valence electrons. The van der Waals surface area contributed by atoms with E-state index in [0.717, 1.165) is 36.3 Å². The Morgan fingerprint density at radius 1 is 1.03 bits per heavy atom. The summed E-state index contributed by atoms with van der Waals surface area (Å²) in [5.41, 5.74) is 2.09. The van der Waals surface area contributed by atoms with E-state index in [1.165, 1.54) is 37.7 Å². The van der Waals surface area contributed by atoms with Gasteiger partial charge in [0.15, 0.2) is 0 Å². The smallest absolute Gasteiger partial charge is 0.222 e. The third-order valence-electron chi connectivity index (χ3n) is 10.4. The molecule has 3 nitrogen and oxygen atoms in total. The van der Waals surface area contributed by atoms with Crippen LogP contribution in [-0.2, 0) is 4.79 Å². The maximum Gasteiger partial charge on any atom is 0.222 e. The minimum absolute atomic E-state index is 0.295. The molecule has 0 N–H and O–H groups in total. The van der Waals surface area contributed by atoms with Gasteiger partial charge in [0.1, 0.15) is 5.75 Å². The second-order valence-electron chi connectivity index (χ2n) is 11.4. The lowest BCUT2D eigenvalue weighted by atomic mass is 9.44. The summed E-state index contributed by atoms with van der Waals surface area (Å²) >= 11 is 0. The number of piperidine rings is 1. The third-order valence-corrected chi connectivity index (χ3v) is 10.4. The summed E-state index contributed by atoms with van der Waals surface area (Å²) in [5.74, 6) is 5.09. The molecule has 1 heterocycles. The lowest BCUT2D eigenvalue weighted by Gasteiger charge is -2.63. The third kappa shape index (κ3) is 2.66. The largest absolute Gasteiger partial charge is 0.496 e. The van der Waals surface area contributed by atoms with E-state index < -0.39 is 0 Å². The lowest BCUT2D eigenvalue weighted by Crippen LogP contribution is -2.63. The van der Waals surface area contributed by atoms with E-state index in [1.807, 2.05) is 7.11 Å². The number of benzene rings is 1. The maximum absolute atomic E-state index is 12.5. The van der Waals surface area contributed by atoms with E-state index >= 15 is 0 Å².